The topological polar surface area (TPSA) is 72.9 Å². The number of aliphatic carboxylic acids is 1. The highest BCUT2D eigenvalue weighted by molar-refractivity contribution is 5.79. The van der Waals surface area contributed by atoms with Gasteiger partial charge in [0.05, 0.1) is 0 Å². The second-order valence-electron chi connectivity index (χ2n) is 3.27. The lowest BCUT2D eigenvalue weighted by Gasteiger charge is -2.30. The zero-order valence-corrected chi connectivity index (χ0v) is 8.19. The molecule has 1 rings (SSSR count). The number of carbonyl (C=O) groups excluding carboxylic acids is 1. The Labute approximate surface area is 82.5 Å². The third-order valence-corrected chi connectivity index (χ3v) is 2.09. The fraction of sp³-hybridized carbons (Fsp3) is 0.750. The van der Waals surface area contributed by atoms with Crippen molar-refractivity contribution in [2.75, 3.05) is 39.8 Å². The number of rotatable bonds is 2. The zero-order chi connectivity index (χ0) is 10.6. The van der Waals surface area contributed by atoms with Gasteiger partial charge >= 0.3 is 12.0 Å². The van der Waals surface area contributed by atoms with Crippen LogP contribution in [0.3, 0.4) is 0 Å². The van der Waals surface area contributed by atoms with Crippen molar-refractivity contribution in [3.63, 3.8) is 0 Å². The smallest absolute Gasteiger partial charge is 0.323 e. The van der Waals surface area contributed by atoms with Crippen LogP contribution < -0.4 is 5.32 Å². The SMILES string of the molecule is CN(CC(=O)O)C(=O)N1CCNCC1. The van der Waals surface area contributed by atoms with Crippen molar-refractivity contribution in [3.8, 4) is 0 Å². The Bertz CT molecular complexity index is 226. The average Bonchev–Trinajstić information content (AvgIpc) is 2.17. The molecule has 6 heteroatoms. The largest absolute Gasteiger partial charge is 0.480 e. The maximum atomic E-state index is 11.6. The number of urea groups is 1. The Balaban J connectivity index is 2.42. The molecule has 0 bridgehead atoms. The fourth-order valence-electron chi connectivity index (χ4n) is 1.37. The first-order chi connectivity index (χ1) is 6.61. The van der Waals surface area contributed by atoms with Crippen LogP contribution in [0.1, 0.15) is 0 Å². The van der Waals surface area contributed by atoms with E-state index in [4.69, 9.17) is 5.11 Å². The highest BCUT2D eigenvalue weighted by Gasteiger charge is 2.20. The number of nitrogens with one attached hydrogen (secondary N) is 1. The lowest BCUT2D eigenvalue weighted by molar-refractivity contribution is -0.137. The van der Waals surface area contributed by atoms with Crippen LogP contribution in [0.2, 0.25) is 0 Å². The third kappa shape index (κ3) is 2.88. The molecule has 0 spiro atoms. The van der Waals surface area contributed by atoms with Crippen LogP contribution in [0.5, 0.6) is 0 Å². The Morgan fingerprint density at radius 1 is 1.43 bits per heavy atom. The van der Waals surface area contributed by atoms with Crippen LogP contribution in [0.15, 0.2) is 0 Å². The number of piperazine rings is 1. The Kier molecular flexibility index (Phi) is 3.70. The normalized spacial score (nSPS) is 16.5. The Morgan fingerprint density at radius 2 is 2.00 bits per heavy atom. The molecule has 2 amide bonds. The molecule has 1 aliphatic rings. The molecule has 0 unspecified atom stereocenters. The van der Waals surface area contributed by atoms with E-state index in [0.29, 0.717) is 13.1 Å². The van der Waals surface area contributed by atoms with Gasteiger partial charge in [-0.1, -0.05) is 0 Å². The summed E-state index contributed by atoms with van der Waals surface area (Å²) < 4.78 is 0. The van der Waals surface area contributed by atoms with Crippen LogP contribution in [0, 0.1) is 0 Å². The number of hydrogen-bond acceptors (Lipinski definition) is 3. The maximum Gasteiger partial charge on any atom is 0.323 e. The first-order valence-electron chi connectivity index (χ1n) is 4.54. The monoisotopic (exact) mass is 201 g/mol. The van der Waals surface area contributed by atoms with Crippen molar-refractivity contribution in [1.82, 2.24) is 15.1 Å². The number of carboxylic acid groups (broad SMARTS) is 1. The van der Waals surface area contributed by atoms with E-state index >= 15 is 0 Å². The number of likely N-dealkylation sites (N-methyl/N-ethyl adjacent to an activating group) is 1. The predicted octanol–water partition coefficient (Wildman–Crippen LogP) is -0.972. The van der Waals surface area contributed by atoms with Gasteiger partial charge in [0.2, 0.25) is 0 Å². The van der Waals surface area contributed by atoms with Gasteiger partial charge in [-0.25, -0.2) is 4.79 Å². The van der Waals surface area contributed by atoms with E-state index in [2.05, 4.69) is 5.32 Å². The predicted molar refractivity (Wildman–Crippen MR) is 50.1 cm³/mol. The van der Waals surface area contributed by atoms with Crippen LogP contribution >= 0.6 is 0 Å². The van der Waals surface area contributed by atoms with E-state index in [-0.39, 0.29) is 12.6 Å². The molecule has 1 aliphatic heterocycles. The summed E-state index contributed by atoms with van der Waals surface area (Å²) in [5.74, 6) is -0.990. The Morgan fingerprint density at radius 3 is 2.50 bits per heavy atom. The van der Waals surface area contributed by atoms with Crippen LogP contribution in [-0.4, -0.2) is 66.7 Å². The van der Waals surface area contributed by atoms with Gasteiger partial charge in [0.15, 0.2) is 0 Å². The summed E-state index contributed by atoms with van der Waals surface area (Å²) >= 11 is 0. The number of hydrogen-bond donors (Lipinski definition) is 2. The summed E-state index contributed by atoms with van der Waals surface area (Å²) in [7, 11) is 1.50. The van der Waals surface area contributed by atoms with E-state index in [9.17, 15) is 9.59 Å². The molecular formula is C8H15N3O3. The molecule has 0 aromatic heterocycles. The van der Waals surface area contributed by atoms with Gasteiger partial charge in [-0.2, -0.15) is 0 Å². The fourth-order valence-corrected chi connectivity index (χ4v) is 1.37. The molecule has 6 nitrogen and oxygen atoms in total. The first kappa shape index (κ1) is 10.8. The average molecular weight is 201 g/mol. The highest BCUT2D eigenvalue weighted by Crippen LogP contribution is 1.98. The molecule has 1 fully saturated rings. The minimum absolute atomic E-state index is 0.214. The van der Waals surface area contributed by atoms with Crippen LogP contribution in [0.25, 0.3) is 0 Å². The summed E-state index contributed by atoms with van der Waals surface area (Å²) in [5, 5.41) is 11.6. The molecule has 0 saturated carbocycles. The molecule has 0 aromatic rings. The number of carbonyl (C=O) groups is 2. The van der Waals surface area contributed by atoms with Crippen LogP contribution in [-0.2, 0) is 4.79 Å². The van der Waals surface area contributed by atoms with Crippen molar-refractivity contribution in [3.05, 3.63) is 0 Å². The molecule has 14 heavy (non-hydrogen) atoms. The van der Waals surface area contributed by atoms with Crippen molar-refractivity contribution in [2.45, 2.75) is 0 Å². The molecule has 1 heterocycles. The lowest BCUT2D eigenvalue weighted by atomic mass is 10.4. The van der Waals surface area contributed by atoms with Crippen molar-refractivity contribution in [1.29, 1.82) is 0 Å². The number of nitrogens with zero attached hydrogens (tertiary/aromatic N) is 2. The van der Waals surface area contributed by atoms with Gasteiger partial charge < -0.3 is 20.2 Å². The second-order valence-corrected chi connectivity index (χ2v) is 3.27. The third-order valence-electron chi connectivity index (χ3n) is 2.09. The van der Waals surface area contributed by atoms with E-state index in [1.807, 2.05) is 0 Å². The first-order valence-corrected chi connectivity index (χ1v) is 4.54. The molecule has 2 N–H and O–H groups in total. The Hall–Kier alpha value is -1.30. The molecule has 0 aliphatic carbocycles. The van der Waals surface area contributed by atoms with Crippen LogP contribution in [0.4, 0.5) is 4.79 Å². The standard InChI is InChI=1S/C8H15N3O3/c1-10(6-7(12)13)8(14)11-4-2-9-3-5-11/h9H,2-6H2,1H3,(H,12,13). The highest BCUT2D eigenvalue weighted by atomic mass is 16.4. The molecule has 0 radical (unpaired) electrons. The van der Waals surface area contributed by atoms with Gasteiger partial charge in [-0.3, -0.25) is 4.79 Å². The van der Waals surface area contributed by atoms with E-state index in [0.717, 1.165) is 13.1 Å². The van der Waals surface area contributed by atoms with Crippen molar-refractivity contribution in [2.24, 2.45) is 0 Å². The molecule has 0 atom stereocenters. The molecular weight excluding hydrogens is 186 g/mol. The van der Waals surface area contributed by atoms with Gasteiger partial charge in [0.1, 0.15) is 6.54 Å². The van der Waals surface area contributed by atoms with Gasteiger partial charge in [-0.15, -0.1) is 0 Å². The van der Waals surface area contributed by atoms with E-state index in [1.165, 1.54) is 11.9 Å². The summed E-state index contributed by atoms with van der Waals surface area (Å²) in [6.45, 7) is 2.58. The van der Waals surface area contributed by atoms with Crippen molar-refractivity contribution < 1.29 is 14.7 Å². The van der Waals surface area contributed by atoms with Gasteiger partial charge in [0, 0.05) is 33.2 Å². The minimum Gasteiger partial charge on any atom is -0.480 e. The quantitative estimate of drug-likeness (QED) is 0.603. The summed E-state index contributed by atoms with van der Waals surface area (Å²) in [5.41, 5.74) is 0. The lowest BCUT2D eigenvalue weighted by Crippen LogP contribution is -2.51. The van der Waals surface area contributed by atoms with Crippen molar-refractivity contribution >= 4 is 12.0 Å². The summed E-state index contributed by atoms with van der Waals surface area (Å²) in [6.07, 6.45) is 0. The maximum absolute atomic E-state index is 11.6. The summed E-state index contributed by atoms with van der Waals surface area (Å²) in [6, 6.07) is -0.214. The number of carboxylic acids is 1. The van der Waals surface area contributed by atoms with E-state index < -0.39 is 5.97 Å². The number of amides is 2. The minimum atomic E-state index is -0.990. The van der Waals surface area contributed by atoms with Gasteiger partial charge in [0.25, 0.3) is 0 Å². The molecule has 0 aromatic carbocycles. The van der Waals surface area contributed by atoms with E-state index in [1.54, 1.807) is 4.90 Å². The molecule has 80 valence electrons. The zero-order valence-electron chi connectivity index (χ0n) is 8.19. The second kappa shape index (κ2) is 4.80. The van der Waals surface area contributed by atoms with Gasteiger partial charge in [-0.05, 0) is 0 Å². The summed E-state index contributed by atoms with van der Waals surface area (Å²) in [4.78, 5) is 24.8. The molecule has 1 saturated heterocycles.